The third-order valence-corrected chi connectivity index (χ3v) is 4.64. The molecule has 0 aromatic rings. The maximum atomic E-state index is 4.18. The van der Waals surface area contributed by atoms with Crippen LogP contribution in [0.2, 0.25) is 0 Å². The van der Waals surface area contributed by atoms with Gasteiger partial charge in [-0.1, -0.05) is 135 Å². The Labute approximate surface area is 190 Å². The van der Waals surface area contributed by atoms with Gasteiger partial charge < -0.3 is 5.32 Å². The molecule has 0 saturated heterocycles. The van der Waals surface area contributed by atoms with E-state index in [1.54, 1.807) is 0 Å². The first-order valence-electron chi connectivity index (χ1n) is 11.1. The van der Waals surface area contributed by atoms with Gasteiger partial charge in [0.1, 0.15) is 0 Å². The van der Waals surface area contributed by atoms with E-state index in [2.05, 4.69) is 81.8 Å². The van der Waals surface area contributed by atoms with Crippen LogP contribution >= 0.6 is 0 Å². The minimum absolute atomic E-state index is 0.423. The SMILES string of the molecule is C=C1/C=C/C=C\C=C/C=C/C=C\C(C)CNC(=C)\C=C/C=C\C=C\C(C)=C/CC(C)C1. The zero-order valence-corrected chi connectivity index (χ0v) is 19.5. The Balaban J connectivity index is 2.80. The Bertz CT molecular complexity index is 818. The number of hydrogen-bond donors (Lipinski definition) is 1. The van der Waals surface area contributed by atoms with Crippen molar-refractivity contribution in [3.8, 4) is 0 Å². The molecule has 2 unspecified atom stereocenters. The van der Waals surface area contributed by atoms with Crippen molar-refractivity contribution in [1.82, 2.24) is 5.32 Å². The molecule has 0 amide bonds. The first kappa shape index (κ1) is 26.0. The maximum Gasteiger partial charge on any atom is 0.0267 e. The molecular formula is C30H39N. The molecule has 1 heterocycles. The molecule has 1 rings (SSSR count). The molecule has 1 aliphatic heterocycles. The lowest BCUT2D eigenvalue weighted by Crippen LogP contribution is -2.17. The third-order valence-electron chi connectivity index (χ3n) is 4.64. The van der Waals surface area contributed by atoms with E-state index in [9.17, 15) is 0 Å². The molecule has 0 fully saturated rings. The van der Waals surface area contributed by atoms with Crippen molar-refractivity contribution in [2.45, 2.75) is 33.6 Å². The van der Waals surface area contributed by atoms with E-state index in [0.717, 1.165) is 30.7 Å². The largest absolute Gasteiger partial charge is 0.385 e. The minimum atomic E-state index is 0.423. The maximum absolute atomic E-state index is 4.18. The standard InChI is InChI=1S/C30H39N/c1-26-18-14-12-13-17-21-30(5)31-25-29(4)20-16-11-9-7-6-8-10-15-19-27(2)24-28(3)23-22-26/h6-22,28-29,31H,2,5,23-25H2,1,3-4H3/b7-6-,10-8-,11-9+,13-12-,18-14+,19-15+,20-16-,21-17-,26-22-. The second-order valence-electron chi connectivity index (χ2n) is 8.04. The van der Waals surface area contributed by atoms with Gasteiger partial charge in [-0.25, -0.2) is 0 Å². The summed E-state index contributed by atoms with van der Waals surface area (Å²) in [6, 6.07) is 0. The highest BCUT2D eigenvalue weighted by molar-refractivity contribution is 5.25. The summed E-state index contributed by atoms with van der Waals surface area (Å²) in [5.41, 5.74) is 3.36. The Morgan fingerprint density at radius 3 is 1.97 bits per heavy atom. The van der Waals surface area contributed by atoms with Gasteiger partial charge in [0.25, 0.3) is 0 Å². The summed E-state index contributed by atoms with van der Waals surface area (Å²) < 4.78 is 0. The second-order valence-corrected chi connectivity index (χ2v) is 8.04. The van der Waals surface area contributed by atoms with Crippen LogP contribution in [-0.4, -0.2) is 6.54 Å². The molecule has 0 spiro atoms. The first-order valence-corrected chi connectivity index (χ1v) is 11.1. The summed E-state index contributed by atoms with van der Waals surface area (Å²) in [6.07, 6.45) is 37.3. The summed E-state index contributed by atoms with van der Waals surface area (Å²) >= 11 is 0. The van der Waals surface area contributed by atoms with Gasteiger partial charge in [0.15, 0.2) is 0 Å². The molecule has 2 atom stereocenters. The van der Waals surface area contributed by atoms with Gasteiger partial charge in [0.05, 0.1) is 0 Å². The lowest BCUT2D eigenvalue weighted by atomic mass is 9.97. The quantitative estimate of drug-likeness (QED) is 0.423. The summed E-state index contributed by atoms with van der Waals surface area (Å²) in [5.74, 6) is 0.993. The zero-order chi connectivity index (χ0) is 22.7. The molecule has 164 valence electrons. The van der Waals surface area contributed by atoms with E-state index < -0.39 is 0 Å². The van der Waals surface area contributed by atoms with Gasteiger partial charge in [-0.2, -0.15) is 0 Å². The molecule has 1 aliphatic rings. The smallest absolute Gasteiger partial charge is 0.0267 e. The molecule has 31 heavy (non-hydrogen) atoms. The van der Waals surface area contributed by atoms with Crippen LogP contribution in [0.15, 0.2) is 133 Å². The van der Waals surface area contributed by atoms with Gasteiger partial charge in [-0.05, 0) is 37.7 Å². The van der Waals surface area contributed by atoms with Crippen LogP contribution in [-0.2, 0) is 0 Å². The molecule has 0 bridgehead atoms. The van der Waals surface area contributed by atoms with Crippen molar-refractivity contribution in [1.29, 1.82) is 0 Å². The fourth-order valence-corrected chi connectivity index (χ4v) is 2.81. The van der Waals surface area contributed by atoms with Gasteiger partial charge in [-0.3, -0.25) is 0 Å². The monoisotopic (exact) mass is 413 g/mol. The zero-order valence-electron chi connectivity index (χ0n) is 19.5. The molecular weight excluding hydrogens is 374 g/mol. The minimum Gasteiger partial charge on any atom is -0.385 e. The number of hydrogen-bond acceptors (Lipinski definition) is 1. The first-order chi connectivity index (χ1) is 15.0. The highest BCUT2D eigenvalue weighted by Gasteiger charge is 2.01. The van der Waals surface area contributed by atoms with Crippen LogP contribution in [0.3, 0.4) is 0 Å². The summed E-state index contributed by atoms with van der Waals surface area (Å²) in [5, 5.41) is 3.35. The Morgan fingerprint density at radius 2 is 1.29 bits per heavy atom. The average Bonchev–Trinajstić information content (AvgIpc) is 2.73. The van der Waals surface area contributed by atoms with Gasteiger partial charge in [0.2, 0.25) is 0 Å². The molecule has 1 N–H and O–H groups in total. The predicted octanol–water partition coefficient (Wildman–Crippen LogP) is 8.11. The molecule has 0 saturated carbocycles. The van der Waals surface area contributed by atoms with Crippen LogP contribution in [0, 0.1) is 11.8 Å². The number of nitrogens with one attached hydrogen (secondary N) is 1. The Morgan fingerprint density at radius 1 is 0.742 bits per heavy atom. The lowest BCUT2D eigenvalue weighted by molar-refractivity contribution is 0.592. The highest BCUT2D eigenvalue weighted by Crippen LogP contribution is 2.16. The lowest BCUT2D eigenvalue weighted by Gasteiger charge is -2.09. The van der Waals surface area contributed by atoms with E-state index in [0.29, 0.717) is 11.8 Å². The van der Waals surface area contributed by atoms with Crippen molar-refractivity contribution >= 4 is 0 Å². The predicted molar refractivity (Wildman–Crippen MR) is 141 cm³/mol. The van der Waals surface area contributed by atoms with Crippen LogP contribution in [0.5, 0.6) is 0 Å². The van der Waals surface area contributed by atoms with Crippen molar-refractivity contribution in [2.24, 2.45) is 11.8 Å². The highest BCUT2D eigenvalue weighted by atomic mass is 14.9. The van der Waals surface area contributed by atoms with Crippen LogP contribution in [0.4, 0.5) is 0 Å². The molecule has 1 heteroatoms. The summed E-state index contributed by atoms with van der Waals surface area (Å²) in [6.45, 7) is 15.7. The fourth-order valence-electron chi connectivity index (χ4n) is 2.81. The fraction of sp³-hybridized carbons (Fsp3) is 0.267. The normalized spacial score (nSPS) is 32.4. The van der Waals surface area contributed by atoms with Crippen molar-refractivity contribution in [3.63, 3.8) is 0 Å². The van der Waals surface area contributed by atoms with Crippen molar-refractivity contribution < 1.29 is 0 Å². The topological polar surface area (TPSA) is 12.0 Å². The summed E-state index contributed by atoms with van der Waals surface area (Å²) in [7, 11) is 0. The van der Waals surface area contributed by atoms with Gasteiger partial charge in [0, 0.05) is 12.2 Å². The van der Waals surface area contributed by atoms with E-state index in [1.807, 2.05) is 60.8 Å². The van der Waals surface area contributed by atoms with Crippen molar-refractivity contribution in [3.05, 3.63) is 133 Å². The van der Waals surface area contributed by atoms with Crippen LogP contribution < -0.4 is 5.32 Å². The third kappa shape index (κ3) is 15.4. The molecule has 0 radical (unpaired) electrons. The van der Waals surface area contributed by atoms with E-state index in [1.165, 1.54) is 5.57 Å². The van der Waals surface area contributed by atoms with E-state index >= 15 is 0 Å². The molecule has 0 aliphatic carbocycles. The Hall–Kier alpha value is -3.06. The van der Waals surface area contributed by atoms with Crippen LogP contribution in [0.1, 0.15) is 33.6 Å². The summed E-state index contributed by atoms with van der Waals surface area (Å²) in [4.78, 5) is 0. The van der Waals surface area contributed by atoms with E-state index in [-0.39, 0.29) is 0 Å². The second kappa shape index (κ2) is 16.7. The number of allylic oxidation sites excluding steroid dienone is 18. The molecule has 0 aromatic heterocycles. The number of rotatable bonds is 0. The van der Waals surface area contributed by atoms with Gasteiger partial charge in [-0.15, -0.1) is 0 Å². The average molecular weight is 414 g/mol. The van der Waals surface area contributed by atoms with Gasteiger partial charge >= 0.3 is 0 Å². The van der Waals surface area contributed by atoms with Crippen molar-refractivity contribution in [2.75, 3.05) is 6.54 Å². The van der Waals surface area contributed by atoms with E-state index in [4.69, 9.17) is 0 Å². The van der Waals surface area contributed by atoms with Crippen LogP contribution in [0.25, 0.3) is 0 Å². The Kier molecular flexibility index (Phi) is 14.0. The molecule has 0 aromatic carbocycles. The molecule has 1 nitrogen and oxygen atoms in total.